The van der Waals surface area contributed by atoms with E-state index in [1.54, 1.807) is 13.8 Å². The number of amides is 1. The van der Waals surface area contributed by atoms with Crippen LogP contribution in [0.5, 0.6) is 0 Å². The summed E-state index contributed by atoms with van der Waals surface area (Å²) in [6.45, 7) is 10.8. The number of rotatable bonds is 6. The van der Waals surface area contributed by atoms with Crippen molar-refractivity contribution in [1.29, 1.82) is 0 Å². The molecule has 0 saturated carbocycles. The van der Waals surface area contributed by atoms with Crippen molar-refractivity contribution in [2.75, 3.05) is 33.2 Å². The van der Waals surface area contributed by atoms with Crippen molar-refractivity contribution in [3.8, 4) is 0 Å². The van der Waals surface area contributed by atoms with E-state index in [9.17, 15) is 9.90 Å². The fraction of sp³-hybridized carbons (Fsp3) is 0.632. The van der Waals surface area contributed by atoms with E-state index in [0.29, 0.717) is 12.0 Å². The van der Waals surface area contributed by atoms with Crippen LogP contribution in [0, 0.1) is 0 Å². The Hall–Kier alpha value is -1.43. The van der Waals surface area contributed by atoms with Crippen molar-refractivity contribution >= 4 is 5.91 Å². The first-order valence-corrected chi connectivity index (χ1v) is 8.76. The van der Waals surface area contributed by atoms with Gasteiger partial charge in [0, 0.05) is 44.3 Å². The Balaban J connectivity index is 1.85. The van der Waals surface area contributed by atoms with Crippen LogP contribution in [0.3, 0.4) is 0 Å². The van der Waals surface area contributed by atoms with Crippen LogP contribution in [0.2, 0.25) is 0 Å². The van der Waals surface area contributed by atoms with Gasteiger partial charge in [0.25, 0.3) is 5.91 Å². The van der Waals surface area contributed by atoms with Gasteiger partial charge in [-0.2, -0.15) is 0 Å². The normalized spacial score (nSPS) is 18.4. The molecule has 1 saturated heterocycles. The predicted octanol–water partition coefficient (Wildman–Crippen LogP) is 1.71. The minimum atomic E-state index is -0.779. The highest BCUT2D eigenvalue weighted by Gasteiger charge is 2.19. The molecule has 24 heavy (non-hydrogen) atoms. The van der Waals surface area contributed by atoms with Crippen LogP contribution in [0.4, 0.5) is 0 Å². The van der Waals surface area contributed by atoms with Gasteiger partial charge in [0.1, 0.15) is 0 Å². The van der Waals surface area contributed by atoms with Gasteiger partial charge < -0.3 is 15.3 Å². The monoisotopic (exact) mass is 333 g/mol. The highest BCUT2D eigenvalue weighted by Crippen LogP contribution is 2.12. The van der Waals surface area contributed by atoms with Crippen LogP contribution in [0.15, 0.2) is 24.3 Å². The van der Waals surface area contributed by atoms with Gasteiger partial charge in [-0.05, 0) is 51.9 Å². The summed E-state index contributed by atoms with van der Waals surface area (Å²) < 4.78 is 0. The van der Waals surface area contributed by atoms with Gasteiger partial charge >= 0.3 is 0 Å². The zero-order chi connectivity index (χ0) is 17.7. The SMILES string of the molecule is CC(CC(C)(C)O)NC(=O)c1ccc(CN2CCN(C)CC2)cc1. The minimum Gasteiger partial charge on any atom is -0.390 e. The van der Waals surface area contributed by atoms with Gasteiger partial charge in [-0.15, -0.1) is 0 Å². The molecule has 5 nitrogen and oxygen atoms in total. The van der Waals surface area contributed by atoms with Gasteiger partial charge in [0.05, 0.1) is 5.60 Å². The molecule has 2 N–H and O–H groups in total. The van der Waals surface area contributed by atoms with Crippen molar-refractivity contribution in [3.05, 3.63) is 35.4 Å². The number of likely N-dealkylation sites (N-methyl/N-ethyl adjacent to an activating group) is 1. The number of piperazine rings is 1. The van der Waals surface area contributed by atoms with Gasteiger partial charge in [-0.1, -0.05) is 12.1 Å². The summed E-state index contributed by atoms with van der Waals surface area (Å²) in [5.41, 5.74) is 1.12. The zero-order valence-corrected chi connectivity index (χ0v) is 15.4. The average Bonchev–Trinajstić information content (AvgIpc) is 2.48. The molecule has 0 radical (unpaired) electrons. The summed E-state index contributed by atoms with van der Waals surface area (Å²) in [6, 6.07) is 7.78. The van der Waals surface area contributed by atoms with E-state index in [0.717, 1.165) is 32.7 Å². The van der Waals surface area contributed by atoms with Gasteiger partial charge in [0.15, 0.2) is 0 Å². The number of carbonyl (C=O) groups is 1. The minimum absolute atomic E-state index is 0.0671. The molecule has 1 aromatic carbocycles. The third kappa shape index (κ3) is 6.23. The van der Waals surface area contributed by atoms with Crippen molar-refractivity contribution in [2.45, 2.75) is 45.4 Å². The van der Waals surface area contributed by atoms with Crippen LogP contribution in [-0.4, -0.2) is 65.7 Å². The third-order valence-corrected chi connectivity index (χ3v) is 4.40. The maximum absolute atomic E-state index is 12.3. The van der Waals surface area contributed by atoms with Gasteiger partial charge in [-0.25, -0.2) is 0 Å². The molecule has 0 aromatic heterocycles. The van der Waals surface area contributed by atoms with Crippen molar-refractivity contribution in [2.24, 2.45) is 0 Å². The molecule has 0 spiro atoms. The Morgan fingerprint density at radius 2 is 1.79 bits per heavy atom. The Labute approximate surface area is 145 Å². The highest BCUT2D eigenvalue weighted by atomic mass is 16.3. The summed E-state index contributed by atoms with van der Waals surface area (Å²) in [7, 11) is 2.16. The van der Waals surface area contributed by atoms with E-state index in [1.165, 1.54) is 5.56 Å². The molecule has 1 heterocycles. The highest BCUT2D eigenvalue weighted by molar-refractivity contribution is 5.94. The number of aliphatic hydroxyl groups is 1. The Bertz CT molecular complexity index is 529. The molecule has 1 aliphatic rings. The van der Waals surface area contributed by atoms with E-state index in [4.69, 9.17) is 0 Å². The lowest BCUT2D eigenvalue weighted by Crippen LogP contribution is -2.43. The first-order chi connectivity index (χ1) is 11.2. The zero-order valence-electron chi connectivity index (χ0n) is 15.4. The maximum atomic E-state index is 12.3. The fourth-order valence-electron chi connectivity index (χ4n) is 3.13. The lowest BCUT2D eigenvalue weighted by molar-refractivity contribution is 0.0593. The second-order valence-corrected chi connectivity index (χ2v) is 7.67. The second-order valence-electron chi connectivity index (χ2n) is 7.67. The van der Waals surface area contributed by atoms with E-state index >= 15 is 0 Å². The molecule has 1 aliphatic heterocycles. The first kappa shape index (κ1) is 18.9. The largest absolute Gasteiger partial charge is 0.390 e. The van der Waals surface area contributed by atoms with Crippen molar-refractivity contribution in [1.82, 2.24) is 15.1 Å². The molecular weight excluding hydrogens is 302 g/mol. The Morgan fingerprint density at radius 1 is 1.21 bits per heavy atom. The fourth-order valence-corrected chi connectivity index (χ4v) is 3.13. The summed E-state index contributed by atoms with van der Waals surface area (Å²) in [5, 5.41) is 12.8. The van der Waals surface area contributed by atoms with E-state index < -0.39 is 5.60 Å². The molecule has 1 fully saturated rings. The van der Waals surface area contributed by atoms with Crippen LogP contribution in [0.25, 0.3) is 0 Å². The van der Waals surface area contributed by atoms with E-state index in [2.05, 4.69) is 22.2 Å². The van der Waals surface area contributed by atoms with Crippen molar-refractivity contribution < 1.29 is 9.90 Å². The molecule has 0 bridgehead atoms. The van der Waals surface area contributed by atoms with Gasteiger partial charge in [-0.3, -0.25) is 9.69 Å². The van der Waals surface area contributed by atoms with Crippen molar-refractivity contribution in [3.63, 3.8) is 0 Å². The molecule has 1 unspecified atom stereocenters. The lowest BCUT2D eigenvalue weighted by atomic mass is 10.00. The number of nitrogens with one attached hydrogen (secondary N) is 1. The van der Waals surface area contributed by atoms with E-state index in [-0.39, 0.29) is 11.9 Å². The summed E-state index contributed by atoms with van der Waals surface area (Å²) in [6.07, 6.45) is 0.528. The average molecular weight is 333 g/mol. The molecule has 134 valence electrons. The van der Waals surface area contributed by atoms with Crippen LogP contribution in [0.1, 0.15) is 43.1 Å². The number of carbonyl (C=O) groups excluding carboxylic acids is 1. The lowest BCUT2D eigenvalue weighted by Gasteiger charge is -2.32. The molecule has 0 aliphatic carbocycles. The quantitative estimate of drug-likeness (QED) is 0.832. The molecule has 5 heteroatoms. The second kappa shape index (κ2) is 8.10. The van der Waals surface area contributed by atoms with Crippen LogP contribution in [-0.2, 0) is 6.54 Å². The molecule has 1 aromatic rings. The molecule has 1 amide bonds. The third-order valence-electron chi connectivity index (χ3n) is 4.40. The molecular formula is C19H31N3O2. The Kier molecular flexibility index (Phi) is 6.38. The molecule has 1 atom stereocenters. The predicted molar refractivity (Wildman–Crippen MR) is 97.1 cm³/mol. The maximum Gasteiger partial charge on any atom is 0.251 e. The number of hydrogen-bond donors (Lipinski definition) is 2. The standard InChI is InChI=1S/C19H31N3O2/c1-15(13-19(2,3)24)20-18(23)17-7-5-16(6-8-17)14-22-11-9-21(4)10-12-22/h5-8,15,24H,9-14H2,1-4H3,(H,20,23). The van der Waals surface area contributed by atoms with E-state index in [1.807, 2.05) is 31.2 Å². The van der Waals surface area contributed by atoms with Gasteiger partial charge in [0.2, 0.25) is 0 Å². The summed E-state index contributed by atoms with van der Waals surface area (Å²) >= 11 is 0. The van der Waals surface area contributed by atoms with Crippen LogP contribution < -0.4 is 5.32 Å². The number of benzene rings is 1. The summed E-state index contributed by atoms with van der Waals surface area (Å²) in [4.78, 5) is 17.1. The number of hydrogen-bond acceptors (Lipinski definition) is 4. The topological polar surface area (TPSA) is 55.8 Å². The smallest absolute Gasteiger partial charge is 0.251 e. The number of nitrogens with zero attached hydrogens (tertiary/aromatic N) is 2. The molecule has 2 rings (SSSR count). The summed E-state index contributed by atoms with van der Waals surface area (Å²) in [5.74, 6) is -0.0853. The first-order valence-electron chi connectivity index (χ1n) is 8.76. The Morgan fingerprint density at radius 3 is 2.33 bits per heavy atom. The van der Waals surface area contributed by atoms with Crippen LogP contribution >= 0.6 is 0 Å².